The van der Waals surface area contributed by atoms with E-state index in [-0.39, 0.29) is 15.1 Å². The Labute approximate surface area is 91.5 Å². The minimum Gasteiger partial charge on any atom is -0.365 e. The molecule has 16 heavy (non-hydrogen) atoms. The number of primary amides is 1. The van der Waals surface area contributed by atoms with Gasteiger partial charge in [0.05, 0.1) is 4.88 Å². The molecule has 86 valence electrons. The smallest absolute Gasteiger partial charge is 0.365 e. The Morgan fingerprint density at radius 2 is 2.19 bits per heavy atom. The summed E-state index contributed by atoms with van der Waals surface area (Å²) in [6, 6.07) is 1.12. The zero-order valence-electron chi connectivity index (χ0n) is 8.00. The van der Waals surface area contributed by atoms with Crippen LogP contribution < -0.4 is 5.73 Å². The van der Waals surface area contributed by atoms with E-state index in [2.05, 4.69) is 5.10 Å². The van der Waals surface area contributed by atoms with Crippen LogP contribution in [0.15, 0.2) is 6.07 Å². The molecule has 0 aliphatic heterocycles. The standard InChI is InChI=1S/C8H6F3N3OS/c1-14-7-3(2-4(16-7)6(12)15)5(13-14)8(9,10)11/h2H,1H3,(H2,12,15). The fourth-order valence-corrected chi connectivity index (χ4v) is 2.30. The normalized spacial score (nSPS) is 12.2. The largest absolute Gasteiger partial charge is 0.435 e. The zero-order valence-corrected chi connectivity index (χ0v) is 8.82. The third kappa shape index (κ3) is 1.54. The molecule has 8 heteroatoms. The second-order valence-electron chi connectivity index (χ2n) is 3.16. The summed E-state index contributed by atoms with van der Waals surface area (Å²) in [4.78, 5) is 11.2. The molecule has 0 radical (unpaired) electrons. The molecule has 0 aliphatic rings. The van der Waals surface area contributed by atoms with Gasteiger partial charge in [-0.15, -0.1) is 11.3 Å². The van der Waals surface area contributed by atoms with Gasteiger partial charge in [-0.25, -0.2) is 0 Å². The molecule has 2 N–H and O–H groups in total. The Morgan fingerprint density at radius 1 is 1.56 bits per heavy atom. The van der Waals surface area contributed by atoms with Gasteiger partial charge in [0.15, 0.2) is 5.69 Å². The van der Waals surface area contributed by atoms with E-state index in [0.717, 1.165) is 22.1 Å². The minimum absolute atomic E-state index is 0.0891. The summed E-state index contributed by atoms with van der Waals surface area (Å²) in [6.45, 7) is 0. The van der Waals surface area contributed by atoms with Crippen LogP contribution in [0, 0.1) is 0 Å². The summed E-state index contributed by atoms with van der Waals surface area (Å²) in [5.41, 5.74) is 4.01. The lowest BCUT2D eigenvalue weighted by atomic mass is 10.3. The van der Waals surface area contributed by atoms with Crippen molar-refractivity contribution in [3.63, 3.8) is 0 Å². The molecular weight excluding hydrogens is 243 g/mol. The van der Waals surface area contributed by atoms with E-state index in [1.54, 1.807) is 0 Å². The molecule has 2 aromatic rings. The van der Waals surface area contributed by atoms with Crippen LogP contribution in [0.25, 0.3) is 10.2 Å². The molecule has 2 rings (SSSR count). The molecule has 0 atom stereocenters. The number of thiophene rings is 1. The monoisotopic (exact) mass is 249 g/mol. The molecule has 4 nitrogen and oxygen atoms in total. The number of aromatic nitrogens is 2. The fraction of sp³-hybridized carbons (Fsp3) is 0.250. The first-order chi connectivity index (χ1) is 7.30. The minimum atomic E-state index is -4.53. The van der Waals surface area contributed by atoms with Crippen LogP contribution in [-0.4, -0.2) is 15.7 Å². The van der Waals surface area contributed by atoms with Gasteiger partial charge < -0.3 is 5.73 Å². The van der Waals surface area contributed by atoms with Crippen LogP contribution in [0.1, 0.15) is 15.4 Å². The Balaban J connectivity index is 2.73. The Kier molecular flexibility index (Phi) is 2.19. The maximum absolute atomic E-state index is 12.6. The summed E-state index contributed by atoms with van der Waals surface area (Å²) in [5, 5.41) is 3.28. The molecule has 0 spiro atoms. The van der Waals surface area contributed by atoms with Crippen LogP contribution in [0.4, 0.5) is 13.2 Å². The Hall–Kier alpha value is -1.57. The molecule has 0 bridgehead atoms. The Morgan fingerprint density at radius 3 is 2.69 bits per heavy atom. The maximum atomic E-state index is 12.6. The van der Waals surface area contributed by atoms with Gasteiger partial charge in [0.25, 0.3) is 5.91 Å². The second-order valence-corrected chi connectivity index (χ2v) is 4.19. The summed E-state index contributed by atoms with van der Waals surface area (Å²) in [7, 11) is 1.39. The molecule has 0 fully saturated rings. The number of nitrogens with zero attached hydrogens (tertiary/aromatic N) is 2. The van der Waals surface area contributed by atoms with Gasteiger partial charge in [-0.3, -0.25) is 9.48 Å². The molecule has 1 amide bonds. The molecule has 2 heterocycles. The van der Waals surface area contributed by atoms with Crippen LogP contribution >= 0.6 is 11.3 Å². The zero-order chi connectivity index (χ0) is 12.1. The number of hydrogen-bond donors (Lipinski definition) is 1. The number of amides is 1. The second kappa shape index (κ2) is 3.21. The number of fused-ring (bicyclic) bond motifs is 1. The summed E-state index contributed by atoms with van der Waals surface area (Å²) < 4.78 is 38.8. The lowest BCUT2D eigenvalue weighted by Crippen LogP contribution is -2.09. The van der Waals surface area contributed by atoms with Gasteiger partial charge in [-0.05, 0) is 6.07 Å². The SMILES string of the molecule is Cn1nc(C(F)(F)F)c2cc(C(N)=O)sc21. The van der Waals surface area contributed by atoms with Crippen LogP contribution in [0.5, 0.6) is 0 Å². The number of hydrogen-bond acceptors (Lipinski definition) is 3. The van der Waals surface area contributed by atoms with Crippen molar-refractivity contribution in [2.75, 3.05) is 0 Å². The first kappa shape index (κ1) is 10.9. The van der Waals surface area contributed by atoms with Gasteiger partial charge in [0.1, 0.15) is 4.83 Å². The van der Waals surface area contributed by atoms with Gasteiger partial charge in [-0.2, -0.15) is 18.3 Å². The van der Waals surface area contributed by atoms with E-state index < -0.39 is 17.8 Å². The van der Waals surface area contributed by atoms with Gasteiger partial charge >= 0.3 is 6.18 Å². The average Bonchev–Trinajstić information content (AvgIpc) is 2.65. The van der Waals surface area contributed by atoms with Crippen molar-refractivity contribution < 1.29 is 18.0 Å². The van der Waals surface area contributed by atoms with Crippen molar-refractivity contribution in [1.82, 2.24) is 9.78 Å². The van der Waals surface area contributed by atoms with Gasteiger partial charge in [0.2, 0.25) is 0 Å². The van der Waals surface area contributed by atoms with Crippen molar-refractivity contribution in [2.24, 2.45) is 12.8 Å². The van der Waals surface area contributed by atoms with E-state index in [1.807, 2.05) is 0 Å². The lowest BCUT2D eigenvalue weighted by molar-refractivity contribution is -0.140. The lowest BCUT2D eigenvalue weighted by Gasteiger charge is -2.00. The first-order valence-corrected chi connectivity index (χ1v) is 4.96. The highest BCUT2D eigenvalue weighted by molar-refractivity contribution is 7.20. The summed E-state index contributed by atoms with van der Waals surface area (Å²) >= 11 is 0.895. The van der Waals surface area contributed by atoms with Crippen molar-refractivity contribution in [3.05, 3.63) is 16.6 Å². The summed E-state index contributed by atoms with van der Waals surface area (Å²) in [6.07, 6.45) is -4.53. The number of carbonyl (C=O) groups is 1. The van der Waals surface area contributed by atoms with Crippen molar-refractivity contribution in [2.45, 2.75) is 6.18 Å². The van der Waals surface area contributed by atoms with E-state index in [0.29, 0.717) is 0 Å². The van der Waals surface area contributed by atoms with Crippen molar-refractivity contribution >= 4 is 27.5 Å². The molecular formula is C8H6F3N3OS. The van der Waals surface area contributed by atoms with E-state index >= 15 is 0 Å². The third-order valence-corrected chi connectivity index (χ3v) is 3.24. The topological polar surface area (TPSA) is 60.9 Å². The van der Waals surface area contributed by atoms with Crippen molar-refractivity contribution in [1.29, 1.82) is 0 Å². The number of halogens is 3. The number of carbonyl (C=O) groups excluding carboxylic acids is 1. The number of aryl methyl sites for hydroxylation is 1. The molecule has 0 aromatic carbocycles. The number of rotatable bonds is 1. The highest BCUT2D eigenvalue weighted by atomic mass is 32.1. The van der Waals surface area contributed by atoms with Gasteiger partial charge in [-0.1, -0.05) is 0 Å². The third-order valence-electron chi connectivity index (χ3n) is 2.02. The van der Waals surface area contributed by atoms with Gasteiger partial charge in [0, 0.05) is 12.4 Å². The predicted octanol–water partition coefficient (Wildman–Crippen LogP) is 1.75. The molecule has 2 aromatic heterocycles. The maximum Gasteiger partial charge on any atom is 0.435 e. The highest BCUT2D eigenvalue weighted by Gasteiger charge is 2.37. The fourth-order valence-electron chi connectivity index (χ4n) is 1.37. The predicted molar refractivity (Wildman–Crippen MR) is 52.1 cm³/mol. The number of nitrogens with two attached hydrogens (primary N) is 1. The van der Waals surface area contributed by atoms with Crippen LogP contribution in [0.2, 0.25) is 0 Å². The molecule has 0 saturated carbocycles. The molecule has 0 aliphatic carbocycles. The average molecular weight is 249 g/mol. The van der Waals surface area contributed by atoms with Crippen LogP contribution in [-0.2, 0) is 13.2 Å². The van der Waals surface area contributed by atoms with E-state index in [1.165, 1.54) is 7.05 Å². The van der Waals surface area contributed by atoms with Crippen molar-refractivity contribution in [3.8, 4) is 0 Å². The summed E-state index contributed by atoms with van der Waals surface area (Å²) in [5.74, 6) is -0.741. The van der Waals surface area contributed by atoms with E-state index in [9.17, 15) is 18.0 Å². The highest BCUT2D eigenvalue weighted by Crippen LogP contribution is 2.37. The van der Waals surface area contributed by atoms with Crippen LogP contribution in [0.3, 0.4) is 0 Å². The quantitative estimate of drug-likeness (QED) is 0.837. The molecule has 0 saturated heterocycles. The molecule has 0 unspecified atom stereocenters. The first-order valence-electron chi connectivity index (χ1n) is 4.14. The number of alkyl halides is 3. The van der Waals surface area contributed by atoms with E-state index in [4.69, 9.17) is 5.73 Å². The Bertz CT molecular complexity index is 569.